The van der Waals surface area contributed by atoms with Crippen LogP contribution in [0.3, 0.4) is 0 Å². The number of rotatable bonds is 2. The van der Waals surface area contributed by atoms with E-state index in [4.69, 9.17) is 11.7 Å². The molecule has 0 saturated heterocycles. The maximum Gasteiger partial charge on any atom is 0.115 e. The van der Waals surface area contributed by atoms with Gasteiger partial charge in [0.05, 0.1) is 0 Å². The Balaban J connectivity index is 2.78. The van der Waals surface area contributed by atoms with Crippen LogP contribution < -0.4 is 0 Å². The summed E-state index contributed by atoms with van der Waals surface area (Å²) in [6.45, 7) is 5.21. The second kappa shape index (κ2) is 3.06. The van der Waals surface area contributed by atoms with Gasteiger partial charge in [-0.15, -0.1) is 0 Å². The Labute approximate surface area is 60.6 Å². The zero-order chi connectivity index (χ0) is 7.40. The molecule has 0 aromatic heterocycles. The lowest BCUT2D eigenvalue weighted by Crippen LogP contribution is -1.77. The largest absolute Gasteiger partial charge is 0.508 e. The number of hydrogen-bond acceptors (Lipinski definition) is 1. The van der Waals surface area contributed by atoms with Gasteiger partial charge >= 0.3 is 0 Å². The molecular weight excluding hydrogens is 124 g/mol. The average Bonchev–Trinajstić information content (AvgIpc) is 1.95. The van der Waals surface area contributed by atoms with Gasteiger partial charge in [-0.05, 0) is 24.1 Å². The SMILES string of the molecule is [CH]=CCc1ccc(O)cc1. The summed E-state index contributed by atoms with van der Waals surface area (Å²) in [5, 5.41) is 8.88. The van der Waals surface area contributed by atoms with Crippen LogP contribution in [0.25, 0.3) is 0 Å². The summed E-state index contributed by atoms with van der Waals surface area (Å²) in [4.78, 5) is 0. The molecular formula is C9H9O. The fourth-order valence-electron chi connectivity index (χ4n) is 0.768. The minimum atomic E-state index is 0.292. The summed E-state index contributed by atoms with van der Waals surface area (Å²) in [6.07, 6.45) is 2.34. The van der Waals surface area contributed by atoms with Gasteiger partial charge < -0.3 is 5.11 Å². The van der Waals surface area contributed by atoms with Crippen molar-refractivity contribution in [2.75, 3.05) is 0 Å². The number of phenols is 1. The van der Waals surface area contributed by atoms with Crippen LogP contribution >= 0.6 is 0 Å². The lowest BCUT2D eigenvalue weighted by molar-refractivity contribution is 0.475. The predicted molar refractivity (Wildman–Crippen MR) is 40.7 cm³/mol. The van der Waals surface area contributed by atoms with Crippen molar-refractivity contribution in [3.05, 3.63) is 42.5 Å². The van der Waals surface area contributed by atoms with Crippen molar-refractivity contribution in [2.45, 2.75) is 6.42 Å². The smallest absolute Gasteiger partial charge is 0.115 e. The van der Waals surface area contributed by atoms with Crippen LogP contribution in [-0.2, 0) is 6.42 Å². The quantitative estimate of drug-likeness (QED) is 0.653. The molecule has 1 nitrogen and oxygen atoms in total. The van der Waals surface area contributed by atoms with E-state index in [2.05, 4.69) is 0 Å². The van der Waals surface area contributed by atoms with Gasteiger partial charge in [0.2, 0.25) is 0 Å². The molecule has 0 amide bonds. The first-order valence-electron chi connectivity index (χ1n) is 3.14. The van der Waals surface area contributed by atoms with E-state index in [1.807, 2.05) is 12.1 Å². The van der Waals surface area contributed by atoms with Gasteiger partial charge in [-0.2, -0.15) is 0 Å². The Morgan fingerprint density at radius 3 is 2.40 bits per heavy atom. The zero-order valence-corrected chi connectivity index (χ0v) is 5.62. The third-order valence-electron chi connectivity index (χ3n) is 1.29. The molecule has 1 aromatic rings. The van der Waals surface area contributed by atoms with E-state index in [1.165, 1.54) is 0 Å². The standard InChI is InChI=1S/C9H9O/c1-2-3-8-4-6-9(10)7-5-8/h1-2,4-7,10H,3H2. The Morgan fingerprint density at radius 2 is 1.90 bits per heavy atom. The molecule has 0 saturated carbocycles. The average molecular weight is 133 g/mol. The molecule has 0 fully saturated rings. The first-order valence-corrected chi connectivity index (χ1v) is 3.14. The van der Waals surface area contributed by atoms with Gasteiger partial charge in [0.15, 0.2) is 0 Å². The third-order valence-corrected chi connectivity index (χ3v) is 1.29. The molecule has 1 aromatic carbocycles. The van der Waals surface area contributed by atoms with Gasteiger partial charge in [0, 0.05) is 0 Å². The van der Waals surface area contributed by atoms with E-state index in [9.17, 15) is 0 Å². The van der Waals surface area contributed by atoms with E-state index in [0.717, 1.165) is 12.0 Å². The molecule has 51 valence electrons. The van der Waals surface area contributed by atoms with Crippen molar-refractivity contribution < 1.29 is 5.11 Å². The minimum absolute atomic E-state index is 0.292. The summed E-state index contributed by atoms with van der Waals surface area (Å²) in [5.41, 5.74) is 1.11. The van der Waals surface area contributed by atoms with Crippen LogP contribution in [0.2, 0.25) is 0 Å². The maximum atomic E-state index is 8.88. The van der Waals surface area contributed by atoms with Crippen molar-refractivity contribution in [1.82, 2.24) is 0 Å². The molecule has 1 radical (unpaired) electrons. The van der Waals surface area contributed by atoms with Gasteiger partial charge in [-0.3, -0.25) is 0 Å². The van der Waals surface area contributed by atoms with E-state index in [0.29, 0.717) is 5.75 Å². The van der Waals surface area contributed by atoms with Crippen LogP contribution in [0.4, 0.5) is 0 Å². The fraction of sp³-hybridized carbons (Fsp3) is 0.111. The highest BCUT2D eigenvalue weighted by Crippen LogP contribution is 2.09. The number of phenolic OH excluding ortho intramolecular Hbond substituents is 1. The first kappa shape index (κ1) is 6.87. The second-order valence-electron chi connectivity index (χ2n) is 2.11. The Bertz CT molecular complexity index is 211. The van der Waals surface area contributed by atoms with Crippen LogP contribution in [0.15, 0.2) is 30.3 Å². The normalized spacial score (nSPS) is 9.20. The summed E-state index contributed by atoms with van der Waals surface area (Å²) in [7, 11) is 0. The van der Waals surface area contributed by atoms with Crippen LogP contribution in [0.1, 0.15) is 5.56 Å². The van der Waals surface area contributed by atoms with Crippen LogP contribution in [0, 0.1) is 6.58 Å². The van der Waals surface area contributed by atoms with Gasteiger partial charge in [-0.1, -0.05) is 24.8 Å². The highest BCUT2D eigenvalue weighted by Gasteiger charge is 1.87. The highest BCUT2D eigenvalue weighted by molar-refractivity contribution is 5.26. The van der Waals surface area contributed by atoms with E-state index in [1.54, 1.807) is 18.2 Å². The summed E-state index contributed by atoms with van der Waals surface area (Å²) in [5.74, 6) is 0.292. The number of hydrogen-bond donors (Lipinski definition) is 1. The van der Waals surface area contributed by atoms with Gasteiger partial charge in [-0.25, -0.2) is 0 Å². The van der Waals surface area contributed by atoms with Crippen LogP contribution in [0.5, 0.6) is 5.75 Å². The maximum absolute atomic E-state index is 8.88. The molecule has 0 unspecified atom stereocenters. The molecule has 1 heteroatoms. The van der Waals surface area contributed by atoms with Crippen molar-refractivity contribution in [1.29, 1.82) is 0 Å². The molecule has 0 aliphatic carbocycles. The second-order valence-corrected chi connectivity index (χ2v) is 2.11. The number of allylic oxidation sites excluding steroid dienone is 1. The van der Waals surface area contributed by atoms with Gasteiger partial charge in [0.1, 0.15) is 5.75 Å². The molecule has 1 rings (SSSR count). The Morgan fingerprint density at radius 1 is 1.30 bits per heavy atom. The fourth-order valence-corrected chi connectivity index (χ4v) is 0.768. The van der Waals surface area contributed by atoms with E-state index in [-0.39, 0.29) is 0 Å². The van der Waals surface area contributed by atoms with Gasteiger partial charge in [0.25, 0.3) is 0 Å². The topological polar surface area (TPSA) is 20.2 Å². The number of aromatic hydroxyl groups is 1. The Kier molecular flexibility index (Phi) is 2.11. The molecule has 0 bridgehead atoms. The lowest BCUT2D eigenvalue weighted by atomic mass is 10.1. The van der Waals surface area contributed by atoms with Crippen LogP contribution in [-0.4, -0.2) is 5.11 Å². The molecule has 0 aliphatic heterocycles. The molecule has 0 atom stereocenters. The highest BCUT2D eigenvalue weighted by atomic mass is 16.3. The van der Waals surface area contributed by atoms with Crippen molar-refractivity contribution in [2.24, 2.45) is 0 Å². The zero-order valence-electron chi connectivity index (χ0n) is 5.62. The Hall–Kier alpha value is -1.24. The summed E-state index contributed by atoms with van der Waals surface area (Å²) < 4.78 is 0. The lowest BCUT2D eigenvalue weighted by Gasteiger charge is -1.94. The first-order chi connectivity index (χ1) is 4.83. The third kappa shape index (κ3) is 1.62. The molecule has 0 aliphatic rings. The minimum Gasteiger partial charge on any atom is -0.508 e. The summed E-state index contributed by atoms with van der Waals surface area (Å²) >= 11 is 0. The molecule has 10 heavy (non-hydrogen) atoms. The van der Waals surface area contributed by atoms with E-state index >= 15 is 0 Å². The molecule has 1 N–H and O–H groups in total. The monoisotopic (exact) mass is 133 g/mol. The summed E-state index contributed by atoms with van der Waals surface area (Å²) in [6, 6.07) is 7.00. The van der Waals surface area contributed by atoms with Crippen molar-refractivity contribution in [3.8, 4) is 5.75 Å². The number of benzene rings is 1. The van der Waals surface area contributed by atoms with E-state index < -0.39 is 0 Å². The molecule has 0 spiro atoms. The predicted octanol–water partition coefficient (Wildman–Crippen LogP) is 1.92. The molecule has 0 heterocycles. The van der Waals surface area contributed by atoms with Crippen molar-refractivity contribution in [3.63, 3.8) is 0 Å². The van der Waals surface area contributed by atoms with Crippen molar-refractivity contribution >= 4 is 0 Å².